The lowest BCUT2D eigenvalue weighted by Gasteiger charge is -2.28. The molecule has 0 saturated heterocycles. The van der Waals surface area contributed by atoms with Gasteiger partial charge in [-0.2, -0.15) is 4.98 Å². The van der Waals surface area contributed by atoms with Gasteiger partial charge < -0.3 is 24.2 Å². The van der Waals surface area contributed by atoms with Crippen LogP contribution in [0.2, 0.25) is 0 Å². The molecule has 1 heterocycles. The number of nitrogens with zero attached hydrogens (tertiary/aromatic N) is 3. The molecule has 3 aliphatic carbocycles. The van der Waals surface area contributed by atoms with Gasteiger partial charge in [-0.3, -0.25) is 0 Å². The van der Waals surface area contributed by atoms with E-state index in [-0.39, 0.29) is 42.2 Å². The number of benzene rings is 1. The van der Waals surface area contributed by atoms with Crippen molar-refractivity contribution in [3.8, 4) is 0 Å². The third-order valence-electron chi connectivity index (χ3n) is 7.98. The minimum absolute atomic E-state index is 0.0829. The summed E-state index contributed by atoms with van der Waals surface area (Å²) in [5.41, 5.74) is 0.432. The fraction of sp³-hybridized carbons (Fsp3) is 0.600. The third-order valence-corrected chi connectivity index (χ3v) is 7.98. The Morgan fingerprint density at radius 3 is 2.54 bits per heavy atom. The van der Waals surface area contributed by atoms with E-state index < -0.39 is 5.60 Å². The number of carbonyl (C=O) groups is 2. The molecule has 2 amide bonds. The van der Waals surface area contributed by atoms with Crippen molar-refractivity contribution in [2.75, 3.05) is 13.2 Å². The second-order valence-electron chi connectivity index (χ2n) is 12.2. The lowest BCUT2D eigenvalue weighted by molar-refractivity contribution is 0.0490. The highest BCUT2D eigenvalue weighted by atomic mass is 16.6. The van der Waals surface area contributed by atoms with Gasteiger partial charge >= 0.3 is 12.2 Å². The molecule has 0 unspecified atom stereocenters. The number of rotatable bonds is 9. The molecule has 1 aromatic heterocycles. The smallest absolute Gasteiger partial charge is 0.410 e. The van der Waals surface area contributed by atoms with Crippen LogP contribution in [0.1, 0.15) is 94.8 Å². The molecule has 2 aromatic rings. The molecule has 0 bridgehead atoms. The molecule has 39 heavy (non-hydrogen) atoms. The highest BCUT2D eigenvalue weighted by molar-refractivity contribution is 5.69. The van der Waals surface area contributed by atoms with E-state index in [9.17, 15) is 9.59 Å². The normalized spacial score (nSPS) is 25.3. The Balaban J connectivity index is 1.20. The Kier molecular flexibility index (Phi) is 7.69. The summed E-state index contributed by atoms with van der Waals surface area (Å²) < 4.78 is 16.6. The molecule has 0 aliphatic heterocycles. The first-order chi connectivity index (χ1) is 18.7. The van der Waals surface area contributed by atoms with Crippen molar-refractivity contribution in [3.63, 3.8) is 0 Å². The first kappa shape index (κ1) is 27.2. The van der Waals surface area contributed by atoms with E-state index >= 15 is 0 Å². The molecule has 3 fully saturated rings. The van der Waals surface area contributed by atoms with Crippen LogP contribution in [0.15, 0.2) is 47.5 Å². The molecule has 9 heteroatoms. The summed E-state index contributed by atoms with van der Waals surface area (Å²) in [7, 11) is 0. The molecule has 210 valence electrons. The third kappa shape index (κ3) is 6.62. The van der Waals surface area contributed by atoms with Crippen molar-refractivity contribution < 1.29 is 23.6 Å². The number of carbonyl (C=O) groups excluding carboxylic acids is 2. The molecule has 9 nitrogen and oxygen atoms in total. The maximum atomic E-state index is 13.1. The van der Waals surface area contributed by atoms with Gasteiger partial charge in [-0.1, -0.05) is 48.1 Å². The average molecular weight is 537 g/mol. The van der Waals surface area contributed by atoms with Crippen LogP contribution in [0.4, 0.5) is 9.59 Å². The van der Waals surface area contributed by atoms with Crippen molar-refractivity contribution in [2.45, 2.75) is 101 Å². The van der Waals surface area contributed by atoms with E-state index in [0.29, 0.717) is 24.2 Å². The van der Waals surface area contributed by atoms with Gasteiger partial charge in [-0.25, -0.2) is 9.59 Å². The molecule has 1 aromatic carbocycles. The maximum Gasteiger partial charge on any atom is 0.410 e. The zero-order valence-electron chi connectivity index (χ0n) is 23.2. The van der Waals surface area contributed by atoms with Crippen molar-refractivity contribution in [2.24, 2.45) is 0 Å². The van der Waals surface area contributed by atoms with Gasteiger partial charge in [0.1, 0.15) is 12.2 Å². The van der Waals surface area contributed by atoms with E-state index in [1.807, 2.05) is 43.9 Å². The van der Waals surface area contributed by atoms with Crippen LogP contribution in [0, 0.1) is 0 Å². The molecule has 1 N–H and O–H groups in total. The quantitative estimate of drug-likeness (QED) is 0.402. The Labute approximate surface area is 230 Å². The summed E-state index contributed by atoms with van der Waals surface area (Å²) in [6, 6.07) is 10.5. The largest absolute Gasteiger partial charge is 0.445 e. The van der Waals surface area contributed by atoms with Crippen LogP contribution in [0.25, 0.3) is 0 Å². The summed E-state index contributed by atoms with van der Waals surface area (Å²) in [6.07, 6.45) is 7.02. The van der Waals surface area contributed by atoms with Gasteiger partial charge in [0.2, 0.25) is 5.89 Å². The topological polar surface area (TPSA) is 107 Å². The SMILES string of the molecule is C=CCOC(=O)N(CC1(c2noc(C3CCC(NC(=O)OC(C)(C)C)CC3)n2)CC1)[C@@H]1C[C@H]1c1ccccc1. The molecule has 0 spiro atoms. The van der Waals surface area contributed by atoms with Gasteiger partial charge in [0.05, 0.1) is 5.41 Å². The van der Waals surface area contributed by atoms with Crippen molar-refractivity contribution in [1.82, 2.24) is 20.4 Å². The molecule has 5 rings (SSSR count). The van der Waals surface area contributed by atoms with Gasteiger partial charge in [-0.15, -0.1) is 0 Å². The summed E-state index contributed by atoms with van der Waals surface area (Å²) >= 11 is 0. The Bertz CT molecular complexity index is 1160. The average Bonchev–Trinajstić information content (AvgIpc) is 3.82. The summed E-state index contributed by atoms with van der Waals surface area (Å²) in [6.45, 7) is 9.95. The van der Waals surface area contributed by atoms with Crippen molar-refractivity contribution >= 4 is 12.2 Å². The van der Waals surface area contributed by atoms with Crippen LogP contribution < -0.4 is 5.32 Å². The van der Waals surface area contributed by atoms with E-state index in [1.165, 1.54) is 5.56 Å². The molecular formula is C30H40N4O5. The van der Waals surface area contributed by atoms with Gasteiger partial charge in [0, 0.05) is 30.5 Å². The molecular weight excluding hydrogens is 496 g/mol. The van der Waals surface area contributed by atoms with Gasteiger partial charge in [0.25, 0.3) is 0 Å². The second-order valence-corrected chi connectivity index (χ2v) is 12.2. The van der Waals surface area contributed by atoms with Gasteiger partial charge in [-0.05, 0) is 71.3 Å². The molecule has 3 aliphatic rings. The first-order valence-corrected chi connectivity index (χ1v) is 14.1. The van der Waals surface area contributed by atoms with Crippen molar-refractivity contribution in [3.05, 3.63) is 60.3 Å². The first-order valence-electron chi connectivity index (χ1n) is 14.1. The minimum Gasteiger partial charge on any atom is -0.445 e. The van der Waals surface area contributed by atoms with E-state index in [2.05, 4.69) is 29.2 Å². The lowest BCUT2D eigenvalue weighted by atomic mass is 9.86. The summed E-state index contributed by atoms with van der Waals surface area (Å²) in [4.78, 5) is 31.9. The number of aromatic nitrogens is 2. The fourth-order valence-electron chi connectivity index (χ4n) is 5.62. The number of nitrogens with one attached hydrogen (secondary N) is 1. The maximum absolute atomic E-state index is 13.1. The minimum atomic E-state index is -0.514. The van der Waals surface area contributed by atoms with Crippen molar-refractivity contribution in [1.29, 1.82) is 0 Å². The standard InChI is InChI=1S/C30H40N4O5/c1-5-17-37-28(36)34(24-18-23(24)20-9-7-6-8-10-20)19-30(15-16-30)26-32-25(39-33-26)21-11-13-22(14-12-21)31-27(35)38-29(2,3)4/h5-10,21-24H,1,11-19H2,2-4H3,(H,31,35)/t21?,22?,23-,24+/m0/s1. The number of ether oxygens (including phenoxy) is 2. The zero-order valence-corrected chi connectivity index (χ0v) is 23.2. The number of hydrogen-bond donors (Lipinski definition) is 1. The van der Waals surface area contributed by atoms with E-state index in [0.717, 1.165) is 44.9 Å². The predicted molar refractivity (Wildman–Crippen MR) is 145 cm³/mol. The van der Waals surface area contributed by atoms with E-state index in [1.54, 1.807) is 6.08 Å². The van der Waals surface area contributed by atoms with Crippen LogP contribution in [0.5, 0.6) is 0 Å². The number of amides is 2. The number of hydrogen-bond acceptors (Lipinski definition) is 7. The number of alkyl carbamates (subject to hydrolysis) is 1. The molecule has 2 atom stereocenters. The summed E-state index contributed by atoms with van der Waals surface area (Å²) in [5.74, 6) is 1.81. The van der Waals surface area contributed by atoms with Crippen LogP contribution >= 0.6 is 0 Å². The monoisotopic (exact) mass is 536 g/mol. The van der Waals surface area contributed by atoms with Crippen LogP contribution in [-0.4, -0.2) is 58.1 Å². The highest BCUT2D eigenvalue weighted by Crippen LogP contribution is 2.52. The highest BCUT2D eigenvalue weighted by Gasteiger charge is 2.55. The van der Waals surface area contributed by atoms with E-state index in [4.69, 9.17) is 19.0 Å². The fourth-order valence-corrected chi connectivity index (χ4v) is 5.62. The Hall–Kier alpha value is -3.36. The molecule has 0 radical (unpaired) electrons. The zero-order chi connectivity index (χ0) is 27.6. The lowest BCUT2D eigenvalue weighted by Crippen LogP contribution is -2.41. The second kappa shape index (κ2) is 11.0. The predicted octanol–water partition coefficient (Wildman–Crippen LogP) is 5.83. The Morgan fingerprint density at radius 2 is 1.90 bits per heavy atom. The summed E-state index contributed by atoms with van der Waals surface area (Å²) in [5, 5.41) is 7.38. The van der Waals surface area contributed by atoms with Crippen LogP contribution in [0.3, 0.4) is 0 Å². The Morgan fingerprint density at radius 1 is 1.18 bits per heavy atom. The molecule has 3 saturated carbocycles. The van der Waals surface area contributed by atoms with Gasteiger partial charge in [0.15, 0.2) is 5.82 Å². The van der Waals surface area contributed by atoms with Crippen LogP contribution in [-0.2, 0) is 14.9 Å².